The Hall–Kier alpha value is -3.50. The molecule has 0 aliphatic carbocycles. The third-order valence-corrected chi connectivity index (χ3v) is 6.74. The molecule has 11 heteroatoms. The lowest BCUT2D eigenvalue weighted by molar-refractivity contribution is 0.134. The van der Waals surface area contributed by atoms with Gasteiger partial charge in [0.2, 0.25) is 0 Å². The van der Waals surface area contributed by atoms with Gasteiger partial charge in [-0.25, -0.2) is 14.8 Å². The molecule has 6 rings (SSSR count). The maximum Gasteiger partial charge on any atom is 0.329 e. The van der Waals surface area contributed by atoms with Gasteiger partial charge < -0.3 is 14.4 Å². The molecule has 0 radical (unpaired) electrons. The molecule has 35 heavy (non-hydrogen) atoms. The zero-order chi connectivity index (χ0) is 23.9. The van der Waals surface area contributed by atoms with Crippen LogP contribution in [-0.4, -0.2) is 64.4 Å². The number of amides is 2. The van der Waals surface area contributed by atoms with Crippen LogP contribution in [0.1, 0.15) is 18.5 Å². The minimum absolute atomic E-state index is 0.00334. The van der Waals surface area contributed by atoms with Gasteiger partial charge >= 0.3 is 12.0 Å². The molecule has 2 atom stereocenters. The normalized spacial score (nSPS) is 20.6. The van der Waals surface area contributed by atoms with Crippen molar-refractivity contribution < 1.29 is 14.3 Å². The van der Waals surface area contributed by atoms with Crippen LogP contribution in [0.2, 0.25) is 5.02 Å². The van der Waals surface area contributed by atoms with Crippen molar-refractivity contribution in [1.82, 2.24) is 19.9 Å². The molecule has 3 aromatic heterocycles. The van der Waals surface area contributed by atoms with Crippen LogP contribution < -0.4 is 19.9 Å². The maximum absolute atomic E-state index is 13.6. The van der Waals surface area contributed by atoms with E-state index in [0.717, 1.165) is 42.9 Å². The van der Waals surface area contributed by atoms with E-state index in [1.165, 1.54) is 0 Å². The van der Waals surface area contributed by atoms with E-state index >= 15 is 0 Å². The van der Waals surface area contributed by atoms with Gasteiger partial charge in [-0.1, -0.05) is 11.6 Å². The number of nitrogens with zero attached hydrogens (tertiary/aromatic N) is 6. The Morgan fingerprint density at radius 1 is 1.20 bits per heavy atom. The number of halogens is 1. The van der Waals surface area contributed by atoms with Crippen LogP contribution in [0.3, 0.4) is 0 Å². The standard InChI is InChI=1S/C24H24ClN7O3/c1-14-10-15(2-6-26-14)21-18(25)11-19-22(30-21)32(16-4-8-31(19)12-16)24(33)29-20-3-7-27-23(28-20)35-17-5-9-34-13-17/h2-3,6-7,10-11,16-17H,4-5,8-9,12-13H2,1H3,(H,27,28,29,33)/t16-,17+/m0/s1. The highest BCUT2D eigenvalue weighted by Crippen LogP contribution is 2.43. The zero-order valence-corrected chi connectivity index (χ0v) is 19.9. The molecular weight excluding hydrogens is 470 g/mol. The number of rotatable bonds is 4. The van der Waals surface area contributed by atoms with Crippen LogP contribution in [0.25, 0.3) is 11.3 Å². The Kier molecular flexibility index (Phi) is 5.62. The first-order chi connectivity index (χ1) is 17.0. The summed E-state index contributed by atoms with van der Waals surface area (Å²) in [5.74, 6) is 0.943. The second kappa shape index (κ2) is 8.94. The second-order valence-electron chi connectivity index (χ2n) is 8.86. The predicted octanol–water partition coefficient (Wildman–Crippen LogP) is 3.69. The Labute approximate surface area is 207 Å². The summed E-state index contributed by atoms with van der Waals surface area (Å²) in [6.45, 7) is 4.65. The maximum atomic E-state index is 13.6. The number of carbonyl (C=O) groups excluding carboxylic acids is 1. The van der Waals surface area contributed by atoms with Gasteiger partial charge in [0, 0.05) is 43.2 Å². The van der Waals surface area contributed by atoms with Crippen molar-refractivity contribution in [1.29, 1.82) is 0 Å². The summed E-state index contributed by atoms with van der Waals surface area (Å²) < 4.78 is 11.1. The Morgan fingerprint density at radius 2 is 2.09 bits per heavy atom. The van der Waals surface area contributed by atoms with Crippen molar-refractivity contribution in [2.45, 2.75) is 31.9 Å². The molecule has 0 saturated carbocycles. The first kappa shape index (κ1) is 22.0. The monoisotopic (exact) mass is 493 g/mol. The van der Waals surface area contributed by atoms with Crippen molar-refractivity contribution in [3.63, 3.8) is 0 Å². The number of carbonyl (C=O) groups is 1. The number of aryl methyl sites for hydroxylation is 1. The highest BCUT2D eigenvalue weighted by Gasteiger charge is 2.41. The summed E-state index contributed by atoms with van der Waals surface area (Å²) in [5.41, 5.74) is 3.18. The van der Waals surface area contributed by atoms with Crippen LogP contribution in [0.5, 0.6) is 6.01 Å². The number of anilines is 3. The van der Waals surface area contributed by atoms with Gasteiger partial charge in [0.1, 0.15) is 11.9 Å². The minimum atomic E-state index is -0.307. The van der Waals surface area contributed by atoms with E-state index in [-0.39, 0.29) is 24.2 Å². The summed E-state index contributed by atoms with van der Waals surface area (Å²) in [5, 5.41) is 3.44. The number of hydrogen-bond donors (Lipinski definition) is 1. The van der Waals surface area contributed by atoms with Crippen molar-refractivity contribution in [2.24, 2.45) is 0 Å². The quantitative estimate of drug-likeness (QED) is 0.586. The van der Waals surface area contributed by atoms with E-state index < -0.39 is 0 Å². The molecule has 3 aliphatic rings. The van der Waals surface area contributed by atoms with Crippen LogP contribution in [0, 0.1) is 6.92 Å². The third kappa shape index (κ3) is 4.23. The molecule has 3 aliphatic heterocycles. The first-order valence-corrected chi connectivity index (χ1v) is 12.0. The van der Waals surface area contributed by atoms with E-state index in [4.69, 9.17) is 26.1 Å². The van der Waals surface area contributed by atoms with Gasteiger partial charge in [-0.15, -0.1) is 0 Å². The smallest absolute Gasteiger partial charge is 0.329 e. The Bertz CT molecular complexity index is 1280. The molecule has 2 saturated heterocycles. The van der Waals surface area contributed by atoms with Crippen LogP contribution in [0.15, 0.2) is 36.7 Å². The summed E-state index contributed by atoms with van der Waals surface area (Å²) in [4.78, 5) is 35.2. The van der Waals surface area contributed by atoms with Crippen LogP contribution >= 0.6 is 11.6 Å². The fourth-order valence-electron chi connectivity index (χ4n) is 4.77. The number of nitrogens with one attached hydrogen (secondary N) is 1. The highest BCUT2D eigenvalue weighted by molar-refractivity contribution is 6.33. The van der Waals surface area contributed by atoms with Gasteiger partial charge in [0.15, 0.2) is 5.82 Å². The Balaban J connectivity index is 1.31. The molecule has 0 spiro atoms. The Morgan fingerprint density at radius 3 is 2.91 bits per heavy atom. The van der Waals surface area contributed by atoms with Gasteiger partial charge in [0.05, 0.1) is 35.7 Å². The van der Waals surface area contributed by atoms with Gasteiger partial charge in [0.25, 0.3) is 0 Å². The number of pyridine rings is 2. The van der Waals surface area contributed by atoms with Crippen molar-refractivity contribution in [3.05, 3.63) is 47.4 Å². The van der Waals surface area contributed by atoms with Gasteiger partial charge in [-0.05, 0) is 37.6 Å². The zero-order valence-electron chi connectivity index (χ0n) is 19.1. The lowest BCUT2D eigenvalue weighted by Gasteiger charge is -2.36. The predicted molar refractivity (Wildman–Crippen MR) is 131 cm³/mol. The number of hydrogen-bond acceptors (Lipinski definition) is 8. The molecule has 1 N–H and O–H groups in total. The summed E-state index contributed by atoms with van der Waals surface area (Å²) in [6, 6.07) is 7.24. The van der Waals surface area contributed by atoms with E-state index in [0.29, 0.717) is 35.6 Å². The lowest BCUT2D eigenvalue weighted by Crippen LogP contribution is -2.48. The molecule has 2 bridgehead atoms. The highest BCUT2D eigenvalue weighted by atomic mass is 35.5. The molecule has 0 unspecified atom stereocenters. The van der Waals surface area contributed by atoms with E-state index in [2.05, 4.69) is 25.2 Å². The molecule has 10 nitrogen and oxygen atoms in total. The van der Waals surface area contributed by atoms with Gasteiger partial charge in [-0.2, -0.15) is 4.98 Å². The molecule has 6 heterocycles. The molecule has 180 valence electrons. The fraction of sp³-hybridized carbons (Fsp3) is 0.375. The SMILES string of the molecule is Cc1cc(-c2nc3c(cc2Cl)N2CC[C@@H](C2)N3C(=O)Nc2ccnc(O[C@@H]3CCOC3)n2)ccn1. The van der Waals surface area contributed by atoms with Crippen molar-refractivity contribution >= 4 is 35.0 Å². The second-order valence-corrected chi connectivity index (χ2v) is 9.27. The lowest BCUT2D eigenvalue weighted by atomic mass is 10.1. The molecule has 2 amide bonds. The fourth-order valence-corrected chi connectivity index (χ4v) is 5.03. The largest absolute Gasteiger partial charge is 0.458 e. The number of urea groups is 1. The summed E-state index contributed by atoms with van der Waals surface area (Å²) in [7, 11) is 0. The topological polar surface area (TPSA) is 106 Å². The third-order valence-electron chi connectivity index (χ3n) is 6.45. The van der Waals surface area contributed by atoms with E-state index in [1.54, 1.807) is 23.4 Å². The number of fused-ring (bicyclic) bond motifs is 4. The average Bonchev–Trinajstić information content (AvgIpc) is 3.50. The molecule has 2 fully saturated rings. The van der Waals surface area contributed by atoms with Crippen LogP contribution in [0.4, 0.5) is 22.1 Å². The number of aromatic nitrogens is 4. The van der Waals surface area contributed by atoms with Crippen molar-refractivity contribution in [2.75, 3.05) is 41.4 Å². The average molecular weight is 494 g/mol. The van der Waals surface area contributed by atoms with Gasteiger partial charge in [-0.3, -0.25) is 15.2 Å². The summed E-state index contributed by atoms with van der Waals surface area (Å²) in [6.07, 6.45) is 4.84. The molecule has 0 aromatic carbocycles. The summed E-state index contributed by atoms with van der Waals surface area (Å²) >= 11 is 6.66. The molecule has 3 aromatic rings. The van der Waals surface area contributed by atoms with Crippen molar-refractivity contribution in [3.8, 4) is 17.3 Å². The number of ether oxygens (including phenoxy) is 2. The first-order valence-electron chi connectivity index (χ1n) is 11.6. The minimum Gasteiger partial charge on any atom is -0.458 e. The molecular formula is C24H24ClN7O3. The van der Waals surface area contributed by atoms with E-state index in [9.17, 15) is 4.79 Å². The van der Waals surface area contributed by atoms with E-state index in [1.807, 2.05) is 25.1 Å². The van der Waals surface area contributed by atoms with Crippen LogP contribution in [-0.2, 0) is 4.74 Å².